The van der Waals surface area contributed by atoms with Crippen molar-refractivity contribution in [2.75, 3.05) is 6.54 Å². The Bertz CT molecular complexity index is 275. The Kier molecular flexibility index (Phi) is 5.76. The third kappa shape index (κ3) is 5.53. The zero-order valence-corrected chi connectivity index (χ0v) is 10.1. The number of rotatable bonds is 5. The second-order valence-corrected chi connectivity index (χ2v) is 4.48. The van der Waals surface area contributed by atoms with Crippen LogP contribution in [-0.2, 0) is 4.79 Å². The molecule has 6 N–H and O–H groups in total. The minimum atomic E-state index is -1.00. The Balaban J connectivity index is 2.21. The number of carboxylic acid groups (broad SMARTS) is 1. The van der Waals surface area contributed by atoms with E-state index in [0.717, 1.165) is 12.8 Å². The molecule has 1 saturated carbocycles. The summed E-state index contributed by atoms with van der Waals surface area (Å²) in [6.45, 7) is 0.346. The Morgan fingerprint density at radius 3 is 2.65 bits per heavy atom. The molecule has 1 rings (SSSR count). The SMILES string of the molecule is NC(=NCC[C@H](N)C(=O)O)NC1CCCCC1. The van der Waals surface area contributed by atoms with Crippen LogP contribution in [0.2, 0.25) is 0 Å². The summed E-state index contributed by atoms with van der Waals surface area (Å²) in [4.78, 5) is 14.6. The molecule has 98 valence electrons. The fourth-order valence-electron chi connectivity index (χ4n) is 1.95. The van der Waals surface area contributed by atoms with Gasteiger partial charge in [-0.05, 0) is 19.3 Å². The molecular formula is C11H22N4O2. The van der Waals surface area contributed by atoms with Crippen molar-refractivity contribution in [1.29, 1.82) is 0 Å². The van der Waals surface area contributed by atoms with E-state index < -0.39 is 12.0 Å². The molecule has 1 fully saturated rings. The van der Waals surface area contributed by atoms with Crippen LogP contribution in [0.1, 0.15) is 38.5 Å². The fraction of sp³-hybridized carbons (Fsp3) is 0.818. The van der Waals surface area contributed by atoms with E-state index in [9.17, 15) is 4.79 Å². The highest BCUT2D eigenvalue weighted by Gasteiger charge is 2.13. The van der Waals surface area contributed by atoms with E-state index in [-0.39, 0.29) is 0 Å². The van der Waals surface area contributed by atoms with Gasteiger partial charge in [0, 0.05) is 12.6 Å². The van der Waals surface area contributed by atoms with Crippen molar-refractivity contribution in [3.05, 3.63) is 0 Å². The third-order valence-corrected chi connectivity index (χ3v) is 3.00. The monoisotopic (exact) mass is 242 g/mol. The molecule has 17 heavy (non-hydrogen) atoms. The first-order valence-electron chi connectivity index (χ1n) is 6.14. The number of nitrogens with zero attached hydrogens (tertiary/aromatic N) is 1. The average molecular weight is 242 g/mol. The van der Waals surface area contributed by atoms with Crippen LogP contribution < -0.4 is 16.8 Å². The lowest BCUT2D eigenvalue weighted by Gasteiger charge is -2.23. The number of hydrogen-bond acceptors (Lipinski definition) is 3. The largest absolute Gasteiger partial charge is 0.480 e. The standard InChI is InChI=1S/C11H22N4O2/c12-9(10(16)17)6-7-14-11(13)15-8-4-2-1-3-5-8/h8-9H,1-7,12H2,(H,16,17)(H3,13,14,15)/t9-/m0/s1. The molecule has 1 aliphatic rings. The summed E-state index contributed by atoms with van der Waals surface area (Å²) in [5.74, 6) is -0.603. The predicted octanol–water partition coefficient (Wildman–Crippen LogP) is 0.0254. The number of aliphatic carboxylic acids is 1. The molecule has 6 heteroatoms. The van der Waals surface area contributed by atoms with Crippen molar-refractivity contribution in [1.82, 2.24) is 5.32 Å². The van der Waals surface area contributed by atoms with Crippen LogP contribution in [0.25, 0.3) is 0 Å². The summed E-state index contributed by atoms with van der Waals surface area (Å²) in [6, 6.07) is -0.443. The van der Waals surface area contributed by atoms with Crippen LogP contribution >= 0.6 is 0 Å². The second kappa shape index (κ2) is 7.11. The molecule has 1 atom stereocenters. The van der Waals surface area contributed by atoms with Crippen LogP contribution in [0.3, 0.4) is 0 Å². The van der Waals surface area contributed by atoms with Gasteiger partial charge < -0.3 is 21.9 Å². The van der Waals surface area contributed by atoms with Crippen molar-refractivity contribution < 1.29 is 9.90 Å². The van der Waals surface area contributed by atoms with Crippen LogP contribution in [0, 0.1) is 0 Å². The van der Waals surface area contributed by atoms with E-state index in [0.29, 0.717) is 25.0 Å². The molecule has 1 aliphatic carbocycles. The van der Waals surface area contributed by atoms with Gasteiger partial charge in [0.15, 0.2) is 5.96 Å². The van der Waals surface area contributed by atoms with E-state index in [1.54, 1.807) is 0 Å². The highest BCUT2D eigenvalue weighted by atomic mass is 16.4. The van der Waals surface area contributed by atoms with E-state index in [1.807, 2.05) is 0 Å². The Labute approximate surface area is 101 Å². The van der Waals surface area contributed by atoms with E-state index in [4.69, 9.17) is 16.6 Å². The van der Waals surface area contributed by atoms with Gasteiger partial charge >= 0.3 is 5.97 Å². The lowest BCUT2D eigenvalue weighted by atomic mass is 9.96. The van der Waals surface area contributed by atoms with Gasteiger partial charge in [-0.2, -0.15) is 0 Å². The smallest absolute Gasteiger partial charge is 0.320 e. The maximum Gasteiger partial charge on any atom is 0.320 e. The van der Waals surface area contributed by atoms with Gasteiger partial charge in [-0.1, -0.05) is 19.3 Å². The second-order valence-electron chi connectivity index (χ2n) is 4.48. The quantitative estimate of drug-likeness (QED) is 0.401. The molecule has 0 aromatic heterocycles. The zero-order valence-electron chi connectivity index (χ0n) is 10.1. The molecule has 0 bridgehead atoms. The number of guanidine groups is 1. The molecule has 6 nitrogen and oxygen atoms in total. The molecule has 0 aromatic rings. The van der Waals surface area contributed by atoms with Crippen LogP contribution in [0.5, 0.6) is 0 Å². The first kappa shape index (κ1) is 13.8. The highest BCUT2D eigenvalue weighted by molar-refractivity contribution is 5.78. The molecule has 0 unspecified atom stereocenters. The van der Waals surface area contributed by atoms with Crippen molar-refractivity contribution in [2.45, 2.75) is 50.6 Å². The van der Waals surface area contributed by atoms with Gasteiger partial charge in [-0.3, -0.25) is 9.79 Å². The maximum atomic E-state index is 10.5. The summed E-state index contributed by atoms with van der Waals surface area (Å²) < 4.78 is 0. The van der Waals surface area contributed by atoms with E-state index >= 15 is 0 Å². The number of hydrogen-bond donors (Lipinski definition) is 4. The lowest BCUT2D eigenvalue weighted by Crippen LogP contribution is -2.41. The Hall–Kier alpha value is -1.30. The number of aliphatic imine (C=N–C) groups is 1. The van der Waals surface area contributed by atoms with Gasteiger partial charge in [0.25, 0.3) is 0 Å². The molecule has 0 radical (unpaired) electrons. The minimum Gasteiger partial charge on any atom is -0.480 e. The summed E-state index contributed by atoms with van der Waals surface area (Å²) in [6.07, 6.45) is 6.32. The Morgan fingerprint density at radius 1 is 1.41 bits per heavy atom. The summed E-state index contributed by atoms with van der Waals surface area (Å²) in [5, 5.41) is 11.7. The maximum absolute atomic E-state index is 10.5. The third-order valence-electron chi connectivity index (χ3n) is 3.00. The number of carbonyl (C=O) groups is 1. The van der Waals surface area contributed by atoms with Crippen molar-refractivity contribution in [3.8, 4) is 0 Å². The molecule has 0 amide bonds. The van der Waals surface area contributed by atoms with E-state index in [2.05, 4.69) is 10.3 Å². The van der Waals surface area contributed by atoms with Gasteiger partial charge in [-0.25, -0.2) is 0 Å². The van der Waals surface area contributed by atoms with Crippen LogP contribution in [0.15, 0.2) is 4.99 Å². The summed E-state index contributed by atoms with van der Waals surface area (Å²) >= 11 is 0. The first-order chi connectivity index (χ1) is 8.09. The predicted molar refractivity (Wildman–Crippen MR) is 66.7 cm³/mol. The van der Waals surface area contributed by atoms with Gasteiger partial charge in [-0.15, -0.1) is 0 Å². The summed E-state index contributed by atoms with van der Waals surface area (Å²) in [7, 11) is 0. The van der Waals surface area contributed by atoms with E-state index in [1.165, 1.54) is 19.3 Å². The first-order valence-corrected chi connectivity index (χ1v) is 6.14. The molecule has 0 spiro atoms. The average Bonchev–Trinajstić information content (AvgIpc) is 2.30. The molecule has 0 heterocycles. The fourth-order valence-corrected chi connectivity index (χ4v) is 1.95. The molecule has 0 saturated heterocycles. The normalized spacial score (nSPS) is 19.9. The summed E-state index contributed by atoms with van der Waals surface area (Å²) in [5.41, 5.74) is 11.1. The lowest BCUT2D eigenvalue weighted by molar-refractivity contribution is -0.138. The van der Waals surface area contributed by atoms with Crippen LogP contribution in [-0.4, -0.2) is 35.7 Å². The van der Waals surface area contributed by atoms with Crippen LogP contribution in [0.4, 0.5) is 0 Å². The highest BCUT2D eigenvalue weighted by Crippen LogP contribution is 2.16. The van der Waals surface area contributed by atoms with Gasteiger partial charge in [0.2, 0.25) is 0 Å². The number of carboxylic acids is 1. The Morgan fingerprint density at radius 2 is 2.06 bits per heavy atom. The van der Waals surface area contributed by atoms with Crippen molar-refractivity contribution in [2.24, 2.45) is 16.5 Å². The van der Waals surface area contributed by atoms with Crippen molar-refractivity contribution in [3.63, 3.8) is 0 Å². The van der Waals surface area contributed by atoms with Gasteiger partial charge in [0.1, 0.15) is 6.04 Å². The zero-order chi connectivity index (χ0) is 12.7. The topological polar surface area (TPSA) is 114 Å². The molecular weight excluding hydrogens is 220 g/mol. The molecule has 0 aromatic carbocycles. The van der Waals surface area contributed by atoms with Gasteiger partial charge in [0.05, 0.1) is 0 Å². The van der Waals surface area contributed by atoms with Crippen molar-refractivity contribution >= 4 is 11.9 Å². The molecule has 0 aliphatic heterocycles. The number of nitrogens with two attached hydrogens (primary N) is 2. The number of nitrogens with one attached hydrogen (secondary N) is 1. The minimum absolute atomic E-state index is 0.308.